The van der Waals surface area contributed by atoms with E-state index in [9.17, 15) is 19.2 Å². The quantitative estimate of drug-likeness (QED) is 0.161. The molecular formula is C39H52N8O8. The zero-order valence-electron chi connectivity index (χ0n) is 34.0. The van der Waals surface area contributed by atoms with Crippen molar-refractivity contribution < 1.29 is 33.0 Å². The predicted octanol–water partition coefficient (Wildman–Crippen LogP) is 6.94. The number of amides is 3. The van der Waals surface area contributed by atoms with E-state index in [0.29, 0.717) is 41.4 Å². The van der Waals surface area contributed by atoms with Gasteiger partial charge < -0.3 is 33.0 Å². The van der Waals surface area contributed by atoms with Crippen molar-refractivity contribution in [3.05, 3.63) is 64.2 Å². The van der Waals surface area contributed by atoms with E-state index in [1.165, 1.54) is 17.2 Å². The molecule has 3 aromatic heterocycles. The average Bonchev–Trinajstić information content (AvgIpc) is 3.52. The number of likely N-dealkylation sites (N-methyl/N-ethyl adjacent to an activating group) is 1. The van der Waals surface area contributed by atoms with Crippen molar-refractivity contribution in [2.75, 3.05) is 32.6 Å². The first-order valence-electron chi connectivity index (χ1n) is 17.8. The lowest BCUT2D eigenvalue weighted by Gasteiger charge is -2.28. The molecule has 0 radical (unpaired) electrons. The molecule has 16 nitrogen and oxygen atoms in total. The minimum absolute atomic E-state index is 0.118. The summed E-state index contributed by atoms with van der Waals surface area (Å²) in [7, 11) is 5.48. The smallest absolute Gasteiger partial charge is 0.425 e. The molecule has 0 fully saturated rings. The maximum Gasteiger partial charge on any atom is 0.425 e. The monoisotopic (exact) mass is 760 g/mol. The Morgan fingerprint density at radius 2 is 1.38 bits per heavy atom. The number of benzene rings is 1. The molecule has 1 aromatic carbocycles. The second-order valence-corrected chi connectivity index (χ2v) is 16.4. The summed E-state index contributed by atoms with van der Waals surface area (Å²) in [5, 5.41) is 8.57. The normalized spacial score (nSPS) is 12.0. The fourth-order valence-corrected chi connectivity index (χ4v) is 5.03. The maximum absolute atomic E-state index is 13.7. The highest BCUT2D eigenvalue weighted by molar-refractivity contribution is 6.10. The Balaban J connectivity index is 1.83. The Morgan fingerprint density at radius 1 is 0.800 bits per heavy atom. The highest BCUT2D eigenvalue weighted by Gasteiger charge is 2.37. The highest BCUT2D eigenvalue weighted by Crippen LogP contribution is 2.34. The van der Waals surface area contributed by atoms with E-state index in [0.717, 1.165) is 11.1 Å². The minimum atomic E-state index is -1.06. The lowest BCUT2D eigenvalue weighted by atomic mass is 10.0. The predicted molar refractivity (Wildman–Crippen MR) is 206 cm³/mol. The second-order valence-electron chi connectivity index (χ2n) is 16.4. The SMILES string of the molecule is Cc1cc(CN(C)C(=O)OC(C)(C)C)ccc1-c1nnc(-c2nc(-c3ccc(=O)n(CCN(C)C)c3)cnc2N(C(=O)OC(C)(C)C)C(=O)OC(C)(C)C)o1. The van der Waals surface area contributed by atoms with Crippen LogP contribution >= 0.6 is 0 Å². The number of pyridine rings is 1. The standard InChI is InChI=1S/C39H52N8O8/c1-24-20-25(22-45(13)34(49)53-37(2,3)4)14-16-27(24)32-42-43-33(52-32)30-31(47(35(50)54-38(5,6)7)36(51)55-39(8,9)10)40-21-28(41-30)26-15-17-29(48)46(23-26)19-18-44(11)12/h14-17,20-21,23H,18-19,22H2,1-13H3. The number of ether oxygens (including phenoxy) is 3. The number of aromatic nitrogens is 5. The van der Waals surface area contributed by atoms with Gasteiger partial charge in [0.25, 0.3) is 11.4 Å². The Kier molecular flexibility index (Phi) is 12.5. The number of carbonyl (C=O) groups excluding carboxylic acids is 3. The Bertz CT molecular complexity index is 2060. The number of anilines is 1. The summed E-state index contributed by atoms with van der Waals surface area (Å²) >= 11 is 0. The average molecular weight is 761 g/mol. The number of carbonyl (C=O) groups is 3. The van der Waals surface area contributed by atoms with Gasteiger partial charge in [-0.05, 0) is 107 Å². The maximum atomic E-state index is 13.7. The molecule has 0 saturated heterocycles. The van der Waals surface area contributed by atoms with Crippen LogP contribution in [0.2, 0.25) is 0 Å². The van der Waals surface area contributed by atoms with E-state index in [2.05, 4.69) is 15.2 Å². The van der Waals surface area contributed by atoms with Crippen LogP contribution < -0.4 is 10.5 Å². The van der Waals surface area contributed by atoms with Gasteiger partial charge in [-0.25, -0.2) is 24.4 Å². The molecule has 0 spiro atoms. The number of hydrogen-bond acceptors (Lipinski definition) is 13. The van der Waals surface area contributed by atoms with Gasteiger partial charge in [0.2, 0.25) is 5.89 Å². The van der Waals surface area contributed by atoms with Crippen molar-refractivity contribution in [3.63, 3.8) is 0 Å². The molecule has 4 rings (SSSR count). The van der Waals surface area contributed by atoms with Crippen molar-refractivity contribution in [2.45, 2.75) is 99.1 Å². The van der Waals surface area contributed by atoms with Gasteiger partial charge in [-0.1, -0.05) is 12.1 Å². The van der Waals surface area contributed by atoms with E-state index >= 15 is 0 Å². The summed E-state index contributed by atoms with van der Waals surface area (Å²) in [6.07, 6.45) is 0.442. The van der Waals surface area contributed by atoms with Gasteiger partial charge in [-0.2, -0.15) is 4.90 Å². The zero-order chi connectivity index (χ0) is 41.0. The molecule has 4 aromatic rings. The Labute approximate surface area is 321 Å². The van der Waals surface area contributed by atoms with Gasteiger partial charge in [0.05, 0.1) is 11.9 Å². The Hall–Kier alpha value is -5.64. The van der Waals surface area contributed by atoms with Gasteiger partial charge in [0.1, 0.15) is 16.8 Å². The summed E-state index contributed by atoms with van der Waals surface area (Å²) in [5.41, 5.74) is 0.101. The molecule has 0 atom stereocenters. The third-order valence-corrected chi connectivity index (χ3v) is 7.46. The molecule has 55 heavy (non-hydrogen) atoms. The molecule has 0 bridgehead atoms. The summed E-state index contributed by atoms with van der Waals surface area (Å²) in [4.78, 5) is 66.1. The van der Waals surface area contributed by atoms with Crippen LogP contribution in [0.3, 0.4) is 0 Å². The van der Waals surface area contributed by atoms with Crippen molar-refractivity contribution in [3.8, 4) is 34.3 Å². The zero-order valence-corrected chi connectivity index (χ0v) is 34.0. The van der Waals surface area contributed by atoms with E-state index in [1.807, 2.05) is 38.1 Å². The number of aryl methyl sites for hydroxylation is 1. The van der Waals surface area contributed by atoms with Crippen molar-refractivity contribution in [1.29, 1.82) is 0 Å². The topological polar surface area (TPSA) is 175 Å². The van der Waals surface area contributed by atoms with Crippen molar-refractivity contribution in [2.24, 2.45) is 0 Å². The molecule has 0 N–H and O–H groups in total. The molecule has 0 aliphatic heterocycles. The molecule has 0 aliphatic rings. The molecule has 0 unspecified atom stereocenters. The minimum Gasteiger partial charge on any atom is -0.444 e. The molecular weight excluding hydrogens is 708 g/mol. The fraction of sp³-hybridized carbons (Fsp3) is 0.487. The van der Waals surface area contributed by atoms with E-state index in [4.69, 9.17) is 23.6 Å². The van der Waals surface area contributed by atoms with Crippen LogP contribution in [0.25, 0.3) is 34.3 Å². The lowest BCUT2D eigenvalue weighted by Crippen LogP contribution is -2.44. The number of hydrogen-bond donors (Lipinski definition) is 0. The molecule has 0 aliphatic carbocycles. The number of nitrogens with zero attached hydrogens (tertiary/aromatic N) is 8. The van der Waals surface area contributed by atoms with E-state index < -0.39 is 35.1 Å². The highest BCUT2D eigenvalue weighted by atomic mass is 16.6. The summed E-state index contributed by atoms with van der Waals surface area (Å²) < 4.78 is 24.5. The van der Waals surface area contributed by atoms with Gasteiger partial charge in [-0.15, -0.1) is 10.2 Å². The number of imide groups is 1. The first-order chi connectivity index (χ1) is 25.4. The van der Waals surface area contributed by atoms with Gasteiger partial charge in [-0.3, -0.25) is 4.79 Å². The van der Waals surface area contributed by atoms with Crippen LogP contribution in [-0.2, 0) is 27.3 Å². The largest absolute Gasteiger partial charge is 0.444 e. The van der Waals surface area contributed by atoms with E-state index in [-0.39, 0.29) is 28.9 Å². The lowest BCUT2D eigenvalue weighted by molar-refractivity contribution is 0.0283. The second kappa shape index (κ2) is 16.4. The summed E-state index contributed by atoms with van der Waals surface area (Å²) in [6, 6.07) is 8.54. The fourth-order valence-electron chi connectivity index (χ4n) is 5.03. The summed E-state index contributed by atoms with van der Waals surface area (Å²) in [6.45, 7) is 18.6. The van der Waals surface area contributed by atoms with Gasteiger partial charge >= 0.3 is 18.3 Å². The van der Waals surface area contributed by atoms with Crippen LogP contribution in [-0.4, -0.2) is 97.3 Å². The van der Waals surface area contributed by atoms with Crippen LogP contribution in [0.1, 0.15) is 73.4 Å². The van der Waals surface area contributed by atoms with Gasteiger partial charge in [0.15, 0.2) is 11.5 Å². The molecule has 3 amide bonds. The van der Waals surface area contributed by atoms with E-state index in [1.54, 1.807) is 92.3 Å². The summed E-state index contributed by atoms with van der Waals surface area (Å²) in [5.74, 6) is -0.317. The third-order valence-electron chi connectivity index (χ3n) is 7.46. The van der Waals surface area contributed by atoms with Crippen LogP contribution in [0.5, 0.6) is 0 Å². The van der Waals surface area contributed by atoms with Crippen LogP contribution in [0, 0.1) is 6.92 Å². The molecule has 296 valence electrons. The first-order valence-corrected chi connectivity index (χ1v) is 17.8. The molecule has 16 heteroatoms. The Morgan fingerprint density at radius 3 is 1.95 bits per heavy atom. The van der Waals surface area contributed by atoms with Crippen molar-refractivity contribution >= 4 is 24.1 Å². The van der Waals surface area contributed by atoms with Gasteiger partial charge in [0, 0.05) is 50.1 Å². The first kappa shape index (κ1) is 42.1. The number of rotatable bonds is 9. The van der Waals surface area contributed by atoms with Crippen LogP contribution in [0.15, 0.2) is 51.9 Å². The van der Waals surface area contributed by atoms with Crippen LogP contribution in [0.4, 0.5) is 20.2 Å². The molecule has 3 heterocycles. The van der Waals surface area contributed by atoms with Crippen molar-refractivity contribution in [1.82, 2.24) is 34.5 Å². The molecule has 0 saturated carbocycles. The third kappa shape index (κ3) is 11.7.